The number of hydrogen-bond acceptors (Lipinski definition) is 3. The first kappa shape index (κ1) is 16.3. The Kier molecular flexibility index (Phi) is 4.29. The van der Waals surface area contributed by atoms with E-state index in [0.29, 0.717) is 25.2 Å². The third-order valence-electron chi connectivity index (χ3n) is 5.15. The third-order valence-corrected chi connectivity index (χ3v) is 5.15. The van der Waals surface area contributed by atoms with Gasteiger partial charge in [-0.15, -0.1) is 0 Å². The highest BCUT2D eigenvalue weighted by atomic mass is 19.1. The lowest BCUT2D eigenvalue weighted by molar-refractivity contribution is -0.133. The number of carbonyl (C=O) groups is 1. The Bertz CT molecular complexity index is 783. The van der Waals surface area contributed by atoms with Crippen molar-refractivity contribution in [1.82, 2.24) is 19.4 Å². The first-order valence-corrected chi connectivity index (χ1v) is 8.86. The van der Waals surface area contributed by atoms with Crippen LogP contribution in [0.2, 0.25) is 0 Å². The average molecular weight is 342 g/mol. The summed E-state index contributed by atoms with van der Waals surface area (Å²) in [5, 5.41) is 0. The molecule has 1 aliphatic carbocycles. The van der Waals surface area contributed by atoms with Crippen LogP contribution >= 0.6 is 0 Å². The van der Waals surface area contributed by atoms with E-state index in [1.807, 2.05) is 24.3 Å². The van der Waals surface area contributed by atoms with Crippen LogP contribution in [-0.4, -0.2) is 44.4 Å². The first-order valence-electron chi connectivity index (χ1n) is 8.86. The molecule has 6 heteroatoms. The first-order chi connectivity index (χ1) is 12.1. The van der Waals surface area contributed by atoms with Crippen LogP contribution in [0.15, 0.2) is 30.6 Å². The van der Waals surface area contributed by atoms with Gasteiger partial charge >= 0.3 is 0 Å². The van der Waals surface area contributed by atoms with Crippen molar-refractivity contribution in [3.63, 3.8) is 0 Å². The zero-order valence-electron chi connectivity index (χ0n) is 14.5. The standard InChI is InChI=1S/C19H23FN4O/c1-22-13-21-17-11-23(9-8-18(17)22)12-19(25)24(15-6-7-15)10-14-4-2-3-5-16(14)20/h2-5,13,15H,6-12H2,1H3. The molecule has 2 aliphatic rings. The summed E-state index contributed by atoms with van der Waals surface area (Å²) in [7, 11) is 2.01. The molecule has 1 amide bonds. The van der Waals surface area contributed by atoms with Crippen LogP contribution < -0.4 is 0 Å². The summed E-state index contributed by atoms with van der Waals surface area (Å²) in [5.41, 5.74) is 2.91. The van der Waals surface area contributed by atoms with E-state index in [2.05, 4.69) is 14.5 Å². The van der Waals surface area contributed by atoms with Gasteiger partial charge in [0.1, 0.15) is 5.82 Å². The lowest BCUT2D eigenvalue weighted by Crippen LogP contribution is -2.43. The van der Waals surface area contributed by atoms with E-state index in [1.54, 1.807) is 12.1 Å². The SMILES string of the molecule is Cn1cnc2c1CCN(CC(=O)N(Cc1ccccc1F)C1CC1)C2. The number of imidazole rings is 1. The lowest BCUT2D eigenvalue weighted by atomic mass is 10.1. The molecule has 25 heavy (non-hydrogen) atoms. The molecule has 1 aromatic heterocycles. The largest absolute Gasteiger partial charge is 0.337 e. The highest BCUT2D eigenvalue weighted by Crippen LogP contribution is 2.29. The number of halogens is 1. The molecule has 0 radical (unpaired) electrons. The monoisotopic (exact) mass is 342 g/mol. The van der Waals surface area contributed by atoms with Crippen molar-refractivity contribution < 1.29 is 9.18 Å². The number of rotatable bonds is 5. The van der Waals surface area contributed by atoms with Gasteiger partial charge in [-0.3, -0.25) is 9.69 Å². The number of carbonyl (C=O) groups excluding carboxylic acids is 1. The fourth-order valence-corrected chi connectivity index (χ4v) is 3.55. The molecule has 1 aromatic carbocycles. The maximum absolute atomic E-state index is 14.0. The van der Waals surface area contributed by atoms with Gasteiger partial charge in [0.15, 0.2) is 0 Å². The Balaban J connectivity index is 1.43. The quantitative estimate of drug-likeness (QED) is 0.836. The van der Waals surface area contributed by atoms with Crippen molar-refractivity contribution in [3.8, 4) is 0 Å². The smallest absolute Gasteiger partial charge is 0.237 e. The third kappa shape index (κ3) is 3.44. The molecule has 0 bridgehead atoms. The van der Waals surface area contributed by atoms with Gasteiger partial charge in [-0.1, -0.05) is 18.2 Å². The van der Waals surface area contributed by atoms with Crippen molar-refractivity contribution >= 4 is 5.91 Å². The van der Waals surface area contributed by atoms with Crippen molar-refractivity contribution in [3.05, 3.63) is 53.4 Å². The average Bonchev–Trinajstić information content (AvgIpc) is 3.38. The number of benzene rings is 1. The van der Waals surface area contributed by atoms with Gasteiger partial charge in [-0.25, -0.2) is 9.37 Å². The van der Waals surface area contributed by atoms with Crippen molar-refractivity contribution in [2.24, 2.45) is 7.05 Å². The topological polar surface area (TPSA) is 41.4 Å². The van der Waals surface area contributed by atoms with E-state index < -0.39 is 0 Å². The van der Waals surface area contributed by atoms with Crippen LogP contribution in [0.5, 0.6) is 0 Å². The molecule has 0 N–H and O–H groups in total. The number of aromatic nitrogens is 2. The molecule has 1 aliphatic heterocycles. The lowest BCUT2D eigenvalue weighted by Gasteiger charge is -2.30. The zero-order valence-corrected chi connectivity index (χ0v) is 14.5. The van der Waals surface area contributed by atoms with E-state index in [0.717, 1.165) is 31.5 Å². The molecule has 132 valence electrons. The summed E-state index contributed by atoms with van der Waals surface area (Å²) in [6, 6.07) is 6.99. The molecule has 0 atom stereocenters. The molecule has 1 saturated carbocycles. The second-order valence-corrected chi connectivity index (χ2v) is 7.05. The molecule has 0 unspecified atom stereocenters. The number of hydrogen-bond donors (Lipinski definition) is 0. The van der Waals surface area contributed by atoms with Gasteiger partial charge in [0.25, 0.3) is 0 Å². The molecule has 0 spiro atoms. The van der Waals surface area contributed by atoms with Crippen LogP contribution in [0.3, 0.4) is 0 Å². The zero-order chi connectivity index (χ0) is 17.4. The molecule has 4 rings (SSSR count). The summed E-state index contributed by atoms with van der Waals surface area (Å²) >= 11 is 0. The van der Waals surface area contributed by atoms with Gasteiger partial charge in [0, 0.05) is 50.4 Å². The van der Waals surface area contributed by atoms with Crippen molar-refractivity contribution in [2.75, 3.05) is 13.1 Å². The second kappa shape index (κ2) is 6.59. The number of fused-ring (bicyclic) bond motifs is 1. The molecular formula is C19H23FN4O. The Morgan fingerprint density at radius 3 is 2.92 bits per heavy atom. The number of nitrogens with zero attached hydrogens (tertiary/aromatic N) is 4. The van der Waals surface area contributed by atoms with Crippen LogP contribution in [0.25, 0.3) is 0 Å². The second-order valence-electron chi connectivity index (χ2n) is 7.05. The van der Waals surface area contributed by atoms with E-state index in [-0.39, 0.29) is 17.8 Å². The maximum atomic E-state index is 14.0. The minimum Gasteiger partial charge on any atom is -0.337 e. The fraction of sp³-hybridized carbons (Fsp3) is 0.474. The van der Waals surface area contributed by atoms with Crippen LogP contribution in [-0.2, 0) is 31.4 Å². The van der Waals surface area contributed by atoms with Gasteiger partial charge in [0.2, 0.25) is 5.91 Å². The van der Waals surface area contributed by atoms with Crippen LogP contribution in [0.1, 0.15) is 29.8 Å². The molecule has 2 aromatic rings. The van der Waals surface area contributed by atoms with Crippen LogP contribution in [0.4, 0.5) is 4.39 Å². The Hall–Kier alpha value is -2.21. The highest BCUT2D eigenvalue weighted by molar-refractivity contribution is 5.79. The highest BCUT2D eigenvalue weighted by Gasteiger charge is 2.34. The Labute approximate surface area is 147 Å². The fourth-order valence-electron chi connectivity index (χ4n) is 3.55. The summed E-state index contributed by atoms with van der Waals surface area (Å²) in [4.78, 5) is 21.3. The van der Waals surface area contributed by atoms with Crippen LogP contribution in [0, 0.1) is 5.82 Å². The Morgan fingerprint density at radius 1 is 1.36 bits per heavy atom. The van der Waals surface area contributed by atoms with Gasteiger partial charge in [0.05, 0.1) is 18.6 Å². The molecule has 0 saturated heterocycles. The van der Waals surface area contributed by atoms with E-state index in [9.17, 15) is 9.18 Å². The normalized spacial score (nSPS) is 17.4. The van der Waals surface area contributed by atoms with Gasteiger partial charge < -0.3 is 9.47 Å². The summed E-state index contributed by atoms with van der Waals surface area (Å²) in [6.45, 7) is 2.30. The maximum Gasteiger partial charge on any atom is 0.237 e. The summed E-state index contributed by atoms with van der Waals surface area (Å²) in [5.74, 6) is -0.151. The predicted octanol–water partition coefficient (Wildman–Crippen LogP) is 2.11. The predicted molar refractivity (Wildman–Crippen MR) is 92.2 cm³/mol. The molecule has 1 fully saturated rings. The van der Waals surface area contributed by atoms with Gasteiger partial charge in [-0.2, -0.15) is 0 Å². The number of amides is 1. The summed E-state index contributed by atoms with van der Waals surface area (Å²) in [6.07, 6.45) is 4.79. The van der Waals surface area contributed by atoms with Crippen molar-refractivity contribution in [2.45, 2.75) is 38.4 Å². The van der Waals surface area contributed by atoms with E-state index in [4.69, 9.17) is 0 Å². The van der Waals surface area contributed by atoms with E-state index in [1.165, 1.54) is 11.8 Å². The Morgan fingerprint density at radius 2 is 2.16 bits per heavy atom. The number of aryl methyl sites for hydroxylation is 1. The minimum atomic E-state index is -0.239. The van der Waals surface area contributed by atoms with Crippen molar-refractivity contribution in [1.29, 1.82) is 0 Å². The molecule has 2 heterocycles. The minimum absolute atomic E-state index is 0.0881. The summed E-state index contributed by atoms with van der Waals surface area (Å²) < 4.78 is 16.0. The van der Waals surface area contributed by atoms with Gasteiger partial charge in [-0.05, 0) is 18.9 Å². The molecular weight excluding hydrogens is 319 g/mol. The van der Waals surface area contributed by atoms with E-state index >= 15 is 0 Å². The molecule has 5 nitrogen and oxygen atoms in total.